The Balaban J connectivity index is 1.26. The zero-order valence-electron chi connectivity index (χ0n) is 21.0. The van der Waals surface area contributed by atoms with Crippen molar-refractivity contribution in [2.24, 2.45) is 0 Å². The van der Waals surface area contributed by atoms with Crippen LogP contribution >= 0.6 is 0 Å². The molecule has 2 aliphatic heterocycles. The fourth-order valence-electron chi connectivity index (χ4n) is 4.86. The molecule has 1 aromatic carbocycles. The minimum atomic E-state index is 0.225. The van der Waals surface area contributed by atoms with Crippen LogP contribution in [-0.4, -0.2) is 87.4 Å². The monoisotopic (exact) mass is 499 g/mol. The van der Waals surface area contributed by atoms with E-state index in [0.29, 0.717) is 24.9 Å². The quantitative estimate of drug-likeness (QED) is 0.420. The van der Waals surface area contributed by atoms with E-state index in [0.717, 1.165) is 62.4 Å². The summed E-state index contributed by atoms with van der Waals surface area (Å²) in [4.78, 5) is 27.3. The highest BCUT2D eigenvalue weighted by Gasteiger charge is 2.21. The molecule has 5 heterocycles. The van der Waals surface area contributed by atoms with Gasteiger partial charge in [-0.3, -0.25) is 0 Å². The van der Waals surface area contributed by atoms with Crippen molar-refractivity contribution < 1.29 is 4.74 Å². The van der Waals surface area contributed by atoms with Crippen LogP contribution in [0.25, 0.3) is 22.4 Å². The molecule has 4 aromatic rings. The molecule has 0 amide bonds. The number of fused-ring (bicyclic) bond motifs is 1. The molecule has 2 saturated heterocycles. The third kappa shape index (κ3) is 5.10. The largest absolute Gasteiger partial charge is 0.378 e. The average Bonchev–Trinajstić information content (AvgIpc) is 3.36. The number of imidazole rings is 1. The molecule has 0 spiro atoms. The Kier molecular flexibility index (Phi) is 6.64. The van der Waals surface area contributed by atoms with Gasteiger partial charge >= 0.3 is 0 Å². The zero-order valence-corrected chi connectivity index (χ0v) is 21.0. The van der Waals surface area contributed by atoms with Crippen LogP contribution in [0.4, 0.5) is 11.9 Å². The number of hydrogen-bond acceptors (Lipinski definition) is 9. The molecule has 0 aliphatic carbocycles. The van der Waals surface area contributed by atoms with Crippen LogP contribution in [-0.2, 0) is 17.7 Å². The number of nitrogen functional groups attached to an aromatic ring is 1. The maximum atomic E-state index is 5.72. The first-order valence-corrected chi connectivity index (χ1v) is 12.7. The molecule has 0 bridgehead atoms. The molecule has 2 aliphatic rings. The molecule has 2 N–H and O–H groups in total. The van der Waals surface area contributed by atoms with Gasteiger partial charge in [0.2, 0.25) is 11.9 Å². The summed E-state index contributed by atoms with van der Waals surface area (Å²) in [5.74, 6) is 0.887. The molecule has 11 nitrogen and oxygen atoms in total. The number of piperazine rings is 1. The number of nitrogens with zero attached hydrogens (tertiary/aromatic N) is 9. The maximum Gasteiger partial charge on any atom is 0.228 e. The minimum absolute atomic E-state index is 0.225. The van der Waals surface area contributed by atoms with Crippen molar-refractivity contribution in [3.05, 3.63) is 54.1 Å². The highest BCUT2D eigenvalue weighted by Crippen LogP contribution is 2.28. The lowest BCUT2D eigenvalue weighted by Gasteiger charge is -2.29. The lowest BCUT2D eigenvalue weighted by atomic mass is 10.0. The van der Waals surface area contributed by atoms with Gasteiger partial charge in [-0.1, -0.05) is 24.3 Å². The second kappa shape index (κ2) is 10.4. The van der Waals surface area contributed by atoms with E-state index >= 15 is 0 Å². The van der Waals surface area contributed by atoms with Gasteiger partial charge in [0.05, 0.1) is 25.6 Å². The van der Waals surface area contributed by atoms with Gasteiger partial charge in [0.1, 0.15) is 11.2 Å². The summed E-state index contributed by atoms with van der Waals surface area (Å²) in [7, 11) is 2.16. The lowest BCUT2D eigenvalue weighted by molar-refractivity contribution is 0.122. The van der Waals surface area contributed by atoms with E-state index in [2.05, 4.69) is 60.6 Å². The number of likely N-dealkylation sites (N-methyl/N-ethyl adjacent to an activating group) is 1. The Labute approximate surface area is 215 Å². The Bertz CT molecular complexity index is 1350. The van der Waals surface area contributed by atoms with Crippen molar-refractivity contribution in [3.63, 3.8) is 0 Å². The fourth-order valence-corrected chi connectivity index (χ4v) is 4.86. The Morgan fingerprint density at radius 3 is 2.54 bits per heavy atom. The summed E-state index contributed by atoms with van der Waals surface area (Å²) in [6.07, 6.45) is 6.08. The summed E-state index contributed by atoms with van der Waals surface area (Å²) in [6, 6.07) is 9.11. The summed E-state index contributed by atoms with van der Waals surface area (Å²) in [5, 5.41) is 4.79. The van der Waals surface area contributed by atoms with Crippen LogP contribution in [0.15, 0.2) is 43.0 Å². The summed E-state index contributed by atoms with van der Waals surface area (Å²) in [6.45, 7) is 6.46. The third-order valence-electron chi connectivity index (χ3n) is 7.01. The van der Waals surface area contributed by atoms with Crippen LogP contribution < -0.4 is 16.0 Å². The van der Waals surface area contributed by atoms with E-state index in [1.165, 1.54) is 11.1 Å². The topological polar surface area (TPSA) is 125 Å². The van der Waals surface area contributed by atoms with Crippen molar-refractivity contribution >= 4 is 23.1 Å². The van der Waals surface area contributed by atoms with Gasteiger partial charge in [-0.25, -0.2) is 25.3 Å². The summed E-state index contributed by atoms with van der Waals surface area (Å²) < 4.78 is 7.63. The van der Waals surface area contributed by atoms with E-state index in [9.17, 15) is 0 Å². The van der Waals surface area contributed by atoms with Crippen molar-refractivity contribution in [3.8, 4) is 11.3 Å². The number of ether oxygens (including phenoxy) is 1. The second-order valence-corrected chi connectivity index (χ2v) is 9.59. The number of rotatable bonds is 6. The predicted molar refractivity (Wildman–Crippen MR) is 141 cm³/mol. The van der Waals surface area contributed by atoms with Crippen molar-refractivity contribution in [1.82, 2.24) is 39.7 Å². The van der Waals surface area contributed by atoms with Gasteiger partial charge in [-0.15, -0.1) is 0 Å². The number of anilines is 2. The molecule has 3 aromatic heterocycles. The zero-order chi connectivity index (χ0) is 25.2. The van der Waals surface area contributed by atoms with Gasteiger partial charge in [0.15, 0.2) is 5.65 Å². The summed E-state index contributed by atoms with van der Waals surface area (Å²) in [5.41, 5.74) is 11.2. The molecule has 1 radical (unpaired) electrons. The third-order valence-corrected chi connectivity index (χ3v) is 7.01. The minimum Gasteiger partial charge on any atom is -0.378 e. The van der Waals surface area contributed by atoms with Crippen molar-refractivity contribution in [1.29, 1.82) is 0 Å². The van der Waals surface area contributed by atoms with Crippen LogP contribution in [0, 0.1) is 0 Å². The van der Waals surface area contributed by atoms with E-state index in [1.54, 1.807) is 12.4 Å². The molecule has 6 rings (SSSR count). The van der Waals surface area contributed by atoms with Gasteiger partial charge in [0.25, 0.3) is 0 Å². The van der Waals surface area contributed by atoms with Gasteiger partial charge in [0, 0.05) is 57.2 Å². The van der Waals surface area contributed by atoms with Gasteiger partial charge in [-0.2, -0.15) is 4.98 Å². The van der Waals surface area contributed by atoms with E-state index in [-0.39, 0.29) is 12.0 Å². The van der Waals surface area contributed by atoms with Crippen LogP contribution in [0.3, 0.4) is 0 Å². The number of benzene rings is 1. The van der Waals surface area contributed by atoms with Crippen molar-refractivity contribution in [2.75, 3.05) is 63.6 Å². The summed E-state index contributed by atoms with van der Waals surface area (Å²) >= 11 is 0. The number of nitrogens with two attached hydrogens (primary N) is 1. The lowest BCUT2D eigenvalue weighted by Crippen LogP contribution is -2.39. The molecular weight excluding hydrogens is 468 g/mol. The van der Waals surface area contributed by atoms with Crippen LogP contribution in [0.5, 0.6) is 0 Å². The SMILES string of the molecule is CN1CC[N]C(c2ccc(CCn3cnc4c(-c5cnc(N)nc5)nc(N5CCOCC5)nc43)cc2)C1. The average molecular weight is 500 g/mol. The number of aryl methyl sites for hydroxylation is 2. The standard InChI is InChI=1S/C26H31N10O/c1-34-9-7-28-21(16-34)19-4-2-18(3-5-19)6-8-36-17-31-23-22(20-14-29-25(27)30-15-20)32-26(33-24(23)36)35-10-12-37-13-11-35/h2-5,14-15,17,21H,6-13,16H2,1H3,(H2,27,29,30). The number of morpholine rings is 1. The molecule has 11 heteroatoms. The Hall–Kier alpha value is -3.67. The van der Waals surface area contributed by atoms with E-state index in [1.807, 2.05) is 6.33 Å². The Morgan fingerprint density at radius 1 is 1.00 bits per heavy atom. The first kappa shape index (κ1) is 23.7. The number of hydrogen-bond donors (Lipinski definition) is 1. The molecule has 1 unspecified atom stereocenters. The maximum absolute atomic E-state index is 5.72. The second-order valence-electron chi connectivity index (χ2n) is 9.59. The molecule has 0 saturated carbocycles. The van der Waals surface area contributed by atoms with Crippen LogP contribution in [0.1, 0.15) is 17.2 Å². The highest BCUT2D eigenvalue weighted by molar-refractivity contribution is 5.88. The predicted octanol–water partition coefficient (Wildman–Crippen LogP) is 1.54. The Morgan fingerprint density at radius 2 is 1.78 bits per heavy atom. The molecule has 2 fully saturated rings. The fraction of sp³-hybridized carbons (Fsp3) is 0.423. The van der Waals surface area contributed by atoms with Gasteiger partial charge < -0.3 is 24.8 Å². The normalized spacial score (nSPS) is 18.9. The van der Waals surface area contributed by atoms with E-state index in [4.69, 9.17) is 25.8 Å². The molecular formula is C26H31N10O. The van der Waals surface area contributed by atoms with Crippen LogP contribution in [0.2, 0.25) is 0 Å². The van der Waals surface area contributed by atoms with Crippen molar-refractivity contribution in [2.45, 2.75) is 19.0 Å². The smallest absolute Gasteiger partial charge is 0.228 e. The van der Waals surface area contributed by atoms with Gasteiger partial charge in [-0.05, 0) is 24.6 Å². The first-order valence-electron chi connectivity index (χ1n) is 12.7. The highest BCUT2D eigenvalue weighted by atomic mass is 16.5. The van der Waals surface area contributed by atoms with E-state index < -0.39 is 0 Å². The molecule has 1 atom stereocenters. The number of aromatic nitrogens is 6. The molecule has 37 heavy (non-hydrogen) atoms. The molecule has 191 valence electrons. The first-order chi connectivity index (χ1) is 18.1.